The van der Waals surface area contributed by atoms with Gasteiger partial charge in [0.25, 0.3) is 0 Å². The summed E-state index contributed by atoms with van der Waals surface area (Å²) >= 11 is 0. The highest BCUT2D eigenvalue weighted by atomic mass is 19.1. The van der Waals surface area contributed by atoms with Crippen LogP contribution in [0, 0.1) is 17.1 Å². The average Bonchev–Trinajstić information content (AvgIpc) is 3.13. The van der Waals surface area contributed by atoms with E-state index in [2.05, 4.69) is 21.4 Å². The third-order valence-corrected chi connectivity index (χ3v) is 3.96. The summed E-state index contributed by atoms with van der Waals surface area (Å²) in [5.74, 6) is -2.70. The van der Waals surface area contributed by atoms with Crippen LogP contribution in [0.15, 0.2) is 54.9 Å². The number of aromatic nitrogens is 2. The van der Waals surface area contributed by atoms with Crippen molar-refractivity contribution in [3.8, 4) is 6.07 Å². The van der Waals surface area contributed by atoms with E-state index < -0.39 is 11.9 Å². The molecule has 0 saturated heterocycles. The van der Waals surface area contributed by atoms with Crippen LogP contribution in [-0.2, 0) is 22.6 Å². The number of nitriles is 1. The number of hydrogen-bond acceptors (Lipinski definition) is 5. The van der Waals surface area contributed by atoms with Crippen molar-refractivity contribution in [2.45, 2.75) is 13.0 Å². The SMILES string of the molecule is N#Cc1cnc2[nH]cc(CCNCc3ccccc3F)c2c1.O=C(O)/C=C/C(=O)O. The highest BCUT2D eigenvalue weighted by molar-refractivity contribution is 5.89. The lowest BCUT2D eigenvalue weighted by molar-refractivity contribution is -0.134. The Bertz CT molecular complexity index is 1090. The standard InChI is InChI=1S/C17H15FN4.C4H4O4/c18-16-4-2-1-3-14(16)10-20-6-5-13-11-22-17-15(13)7-12(8-19)9-21-17;5-3(6)1-2-4(7)8/h1-4,7,9,11,20H,5-6,10H2,(H,21,22);1-2H,(H,5,6)(H,7,8)/b;2-1+. The second kappa shape index (κ2) is 11.1. The van der Waals surface area contributed by atoms with E-state index in [4.69, 9.17) is 15.5 Å². The molecule has 30 heavy (non-hydrogen) atoms. The third-order valence-electron chi connectivity index (χ3n) is 3.96. The molecule has 154 valence electrons. The average molecular weight is 410 g/mol. The number of halogens is 1. The van der Waals surface area contributed by atoms with E-state index in [1.54, 1.807) is 18.3 Å². The van der Waals surface area contributed by atoms with Gasteiger partial charge in [0.2, 0.25) is 0 Å². The first kappa shape index (κ1) is 22.3. The molecule has 0 radical (unpaired) electrons. The van der Waals surface area contributed by atoms with Crippen molar-refractivity contribution < 1.29 is 24.2 Å². The van der Waals surface area contributed by atoms with Crippen molar-refractivity contribution in [3.63, 3.8) is 0 Å². The van der Waals surface area contributed by atoms with Crippen LogP contribution in [0.3, 0.4) is 0 Å². The number of carboxylic acid groups (broad SMARTS) is 2. The summed E-state index contributed by atoms with van der Waals surface area (Å²) in [6.07, 6.45) is 5.36. The van der Waals surface area contributed by atoms with E-state index in [0.717, 1.165) is 29.6 Å². The van der Waals surface area contributed by atoms with Gasteiger partial charge in [-0.1, -0.05) is 18.2 Å². The zero-order chi connectivity index (χ0) is 21.9. The molecule has 0 amide bonds. The number of H-pyrrole nitrogens is 1. The van der Waals surface area contributed by atoms with Gasteiger partial charge in [-0.2, -0.15) is 5.26 Å². The molecule has 0 fully saturated rings. The number of carboxylic acids is 2. The van der Waals surface area contributed by atoms with Crippen LogP contribution in [0.1, 0.15) is 16.7 Å². The van der Waals surface area contributed by atoms with E-state index >= 15 is 0 Å². The lowest BCUT2D eigenvalue weighted by Crippen LogP contribution is -2.17. The maximum Gasteiger partial charge on any atom is 0.328 e. The molecule has 3 rings (SSSR count). The van der Waals surface area contributed by atoms with Crippen LogP contribution in [0.4, 0.5) is 4.39 Å². The van der Waals surface area contributed by atoms with Crippen molar-refractivity contribution in [1.82, 2.24) is 15.3 Å². The van der Waals surface area contributed by atoms with Crippen LogP contribution in [0.5, 0.6) is 0 Å². The minimum Gasteiger partial charge on any atom is -0.478 e. The molecule has 0 aliphatic heterocycles. The van der Waals surface area contributed by atoms with Crippen LogP contribution in [-0.4, -0.2) is 38.7 Å². The largest absolute Gasteiger partial charge is 0.478 e. The van der Waals surface area contributed by atoms with E-state index in [9.17, 15) is 14.0 Å². The van der Waals surface area contributed by atoms with Gasteiger partial charge in [0.05, 0.1) is 5.56 Å². The number of fused-ring (bicyclic) bond motifs is 1. The molecular weight excluding hydrogens is 391 g/mol. The molecule has 0 bridgehead atoms. The number of pyridine rings is 1. The Hall–Kier alpha value is -4.03. The predicted octanol–water partition coefficient (Wildman–Crippen LogP) is 2.62. The molecule has 0 saturated carbocycles. The zero-order valence-electron chi connectivity index (χ0n) is 15.8. The molecule has 9 heteroatoms. The summed E-state index contributed by atoms with van der Waals surface area (Å²) in [4.78, 5) is 26.4. The first-order valence-corrected chi connectivity index (χ1v) is 8.85. The Balaban J connectivity index is 0.000000343. The number of rotatable bonds is 7. The summed E-state index contributed by atoms with van der Waals surface area (Å²) in [7, 11) is 0. The molecule has 4 N–H and O–H groups in total. The molecule has 1 aromatic carbocycles. The third kappa shape index (κ3) is 6.85. The number of benzene rings is 1. The van der Waals surface area contributed by atoms with Gasteiger partial charge in [-0.15, -0.1) is 0 Å². The Kier molecular flexibility index (Phi) is 8.23. The number of nitrogens with zero attached hydrogens (tertiary/aromatic N) is 2. The maximum atomic E-state index is 13.5. The summed E-state index contributed by atoms with van der Waals surface area (Å²) in [6.45, 7) is 1.22. The molecular formula is C21H19FN4O4. The fraction of sp³-hybridized carbons (Fsp3) is 0.143. The summed E-state index contributed by atoms with van der Waals surface area (Å²) in [6, 6.07) is 10.7. The Morgan fingerprint density at radius 1 is 1.20 bits per heavy atom. The van der Waals surface area contributed by atoms with Gasteiger partial charge in [0, 0.05) is 42.0 Å². The van der Waals surface area contributed by atoms with E-state index in [1.807, 2.05) is 18.3 Å². The normalized spacial score (nSPS) is 10.4. The van der Waals surface area contributed by atoms with E-state index in [1.165, 1.54) is 6.07 Å². The molecule has 0 aliphatic rings. The minimum absolute atomic E-state index is 0.190. The summed E-state index contributed by atoms with van der Waals surface area (Å²) < 4.78 is 13.5. The Morgan fingerprint density at radius 2 is 1.90 bits per heavy atom. The van der Waals surface area contributed by atoms with Gasteiger partial charge in [-0.25, -0.2) is 19.0 Å². The van der Waals surface area contributed by atoms with Gasteiger partial charge >= 0.3 is 11.9 Å². The van der Waals surface area contributed by atoms with Crippen LogP contribution in [0.2, 0.25) is 0 Å². The van der Waals surface area contributed by atoms with Gasteiger partial charge < -0.3 is 20.5 Å². The molecule has 0 atom stereocenters. The first-order chi connectivity index (χ1) is 14.4. The van der Waals surface area contributed by atoms with Gasteiger partial charge in [0.15, 0.2) is 0 Å². The molecule has 0 unspecified atom stereocenters. The lowest BCUT2D eigenvalue weighted by Gasteiger charge is -2.05. The predicted molar refractivity (Wildman–Crippen MR) is 107 cm³/mol. The van der Waals surface area contributed by atoms with Crippen LogP contribution in [0.25, 0.3) is 11.0 Å². The van der Waals surface area contributed by atoms with Crippen LogP contribution >= 0.6 is 0 Å². The molecule has 0 spiro atoms. The monoisotopic (exact) mass is 410 g/mol. The fourth-order valence-corrected chi connectivity index (χ4v) is 2.56. The fourth-order valence-electron chi connectivity index (χ4n) is 2.56. The van der Waals surface area contributed by atoms with Crippen LogP contribution < -0.4 is 5.32 Å². The van der Waals surface area contributed by atoms with Crippen molar-refractivity contribution in [3.05, 3.63) is 77.4 Å². The number of hydrogen-bond donors (Lipinski definition) is 4. The molecule has 2 heterocycles. The van der Waals surface area contributed by atoms with Gasteiger partial charge in [0.1, 0.15) is 17.5 Å². The van der Waals surface area contributed by atoms with E-state index in [0.29, 0.717) is 29.8 Å². The van der Waals surface area contributed by atoms with Gasteiger partial charge in [-0.05, 0) is 30.7 Å². The maximum absolute atomic E-state index is 13.5. The summed E-state index contributed by atoms with van der Waals surface area (Å²) in [5, 5.41) is 28.8. The highest BCUT2D eigenvalue weighted by Gasteiger charge is 2.06. The summed E-state index contributed by atoms with van der Waals surface area (Å²) in [5.41, 5.74) is 3.09. The van der Waals surface area contributed by atoms with Crippen molar-refractivity contribution >= 4 is 23.0 Å². The number of aromatic amines is 1. The van der Waals surface area contributed by atoms with Crippen molar-refractivity contribution in [2.24, 2.45) is 0 Å². The first-order valence-electron chi connectivity index (χ1n) is 8.85. The number of nitrogens with one attached hydrogen (secondary N) is 2. The smallest absolute Gasteiger partial charge is 0.328 e. The lowest BCUT2D eigenvalue weighted by atomic mass is 10.1. The Labute approximate surface area is 171 Å². The quantitative estimate of drug-likeness (QED) is 0.347. The van der Waals surface area contributed by atoms with Gasteiger partial charge in [-0.3, -0.25) is 0 Å². The topological polar surface area (TPSA) is 139 Å². The molecule has 2 aromatic heterocycles. The highest BCUT2D eigenvalue weighted by Crippen LogP contribution is 2.17. The second-order valence-electron chi connectivity index (χ2n) is 6.07. The number of aliphatic carboxylic acids is 2. The zero-order valence-corrected chi connectivity index (χ0v) is 15.8. The Morgan fingerprint density at radius 3 is 2.53 bits per heavy atom. The number of carbonyl (C=O) groups is 2. The van der Waals surface area contributed by atoms with Crippen molar-refractivity contribution in [2.75, 3.05) is 6.54 Å². The molecule has 3 aromatic rings. The molecule has 8 nitrogen and oxygen atoms in total. The second-order valence-corrected chi connectivity index (χ2v) is 6.07. The van der Waals surface area contributed by atoms with E-state index in [-0.39, 0.29) is 5.82 Å². The minimum atomic E-state index is -1.26. The van der Waals surface area contributed by atoms with Crippen molar-refractivity contribution in [1.29, 1.82) is 5.26 Å². The molecule has 0 aliphatic carbocycles.